The van der Waals surface area contributed by atoms with Gasteiger partial charge in [-0.05, 0) is 55.0 Å². The van der Waals surface area contributed by atoms with Gasteiger partial charge < -0.3 is 20.1 Å². The number of anilines is 2. The van der Waals surface area contributed by atoms with Gasteiger partial charge in [0.1, 0.15) is 13.2 Å². The van der Waals surface area contributed by atoms with Crippen molar-refractivity contribution in [2.75, 3.05) is 29.8 Å². The molecule has 0 saturated carbocycles. The Morgan fingerprint density at radius 3 is 2.41 bits per heavy atom. The van der Waals surface area contributed by atoms with Crippen LogP contribution in [0.4, 0.5) is 11.4 Å². The van der Waals surface area contributed by atoms with Gasteiger partial charge in [-0.2, -0.15) is 0 Å². The maximum Gasteiger partial charge on any atom is 0.262 e. The van der Waals surface area contributed by atoms with Crippen LogP contribution in [0.25, 0.3) is 0 Å². The first-order chi connectivity index (χ1) is 13.0. The fourth-order valence-corrected chi connectivity index (χ4v) is 3.73. The molecule has 9 heteroatoms. The summed E-state index contributed by atoms with van der Waals surface area (Å²) < 4.78 is 38.6. The van der Waals surface area contributed by atoms with Crippen molar-refractivity contribution in [3.05, 3.63) is 42.5 Å². The first-order valence-corrected chi connectivity index (χ1v) is 10.4. The highest BCUT2D eigenvalue weighted by molar-refractivity contribution is 7.92. The number of ether oxygens (including phenoxy) is 2. The van der Waals surface area contributed by atoms with E-state index in [9.17, 15) is 8.42 Å². The van der Waals surface area contributed by atoms with Gasteiger partial charge in [0.15, 0.2) is 16.6 Å². The third-order valence-corrected chi connectivity index (χ3v) is 5.38. The molecule has 0 radical (unpaired) electrons. The minimum Gasteiger partial charge on any atom is -0.486 e. The number of thiocarbonyl (C=S) groups is 1. The second-order valence-electron chi connectivity index (χ2n) is 5.87. The fourth-order valence-electron chi connectivity index (χ4n) is 2.44. The molecule has 7 nitrogen and oxygen atoms in total. The zero-order valence-electron chi connectivity index (χ0n) is 14.8. The summed E-state index contributed by atoms with van der Waals surface area (Å²) in [5.74, 6) is 0.972. The van der Waals surface area contributed by atoms with Crippen LogP contribution in [0.2, 0.25) is 0 Å². The first kappa shape index (κ1) is 19.2. The third-order valence-electron chi connectivity index (χ3n) is 3.75. The molecule has 3 rings (SSSR count). The summed E-state index contributed by atoms with van der Waals surface area (Å²) in [4.78, 5) is 0.110. The summed E-state index contributed by atoms with van der Waals surface area (Å²) in [7, 11) is -3.74. The van der Waals surface area contributed by atoms with E-state index in [0.717, 1.165) is 18.7 Å². The summed E-state index contributed by atoms with van der Waals surface area (Å²) >= 11 is 5.18. The number of hydrogen-bond acceptors (Lipinski definition) is 5. The molecule has 1 aliphatic rings. The largest absolute Gasteiger partial charge is 0.486 e. The first-order valence-electron chi connectivity index (χ1n) is 8.55. The smallest absolute Gasteiger partial charge is 0.262 e. The second-order valence-corrected chi connectivity index (χ2v) is 7.96. The van der Waals surface area contributed by atoms with E-state index in [1.807, 2.05) is 0 Å². The Balaban J connectivity index is 1.68. The highest BCUT2D eigenvalue weighted by Crippen LogP contribution is 2.32. The molecule has 0 unspecified atom stereocenters. The van der Waals surface area contributed by atoms with E-state index in [-0.39, 0.29) is 4.90 Å². The normalized spacial score (nSPS) is 12.9. The molecule has 0 atom stereocenters. The second kappa shape index (κ2) is 8.45. The van der Waals surface area contributed by atoms with Crippen molar-refractivity contribution < 1.29 is 17.9 Å². The Labute approximate surface area is 164 Å². The van der Waals surface area contributed by atoms with E-state index in [0.29, 0.717) is 35.5 Å². The Hall–Kier alpha value is -2.52. The Kier molecular flexibility index (Phi) is 6.02. The van der Waals surface area contributed by atoms with Gasteiger partial charge in [-0.15, -0.1) is 0 Å². The predicted octanol–water partition coefficient (Wildman–Crippen LogP) is 2.96. The van der Waals surface area contributed by atoms with E-state index in [4.69, 9.17) is 21.7 Å². The summed E-state index contributed by atoms with van der Waals surface area (Å²) in [6, 6.07) is 11.4. The molecule has 0 aliphatic carbocycles. The minimum absolute atomic E-state index is 0.110. The highest BCUT2D eigenvalue weighted by Gasteiger charge is 2.19. The molecule has 0 saturated heterocycles. The summed E-state index contributed by atoms with van der Waals surface area (Å²) in [5.41, 5.74) is 1.22. The van der Waals surface area contributed by atoms with Crippen molar-refractivity contribution in [3.8, 4) is 11.5 Å². The molecule has 1 heterocycles. The maximum absolute atomic E-state index is 12.6. The van der Waals surface area contributed by atoms with Crippen molar-refractivity contribution >= 4 is 38.7 Å². The van der Waals surface area contributed by atoms with Crippen molar-refractivity contribution in [1.29, 1.82) is 0 Å². The van der Waals surface area contributed by atoms with Gasteiger partial charge in [0.2, 0.25) is 0 Å². The van der Waals surface area contributed by atoms with Gasteiger partial charge in [-0.25, -0.2) is 8.42 Å². The molecule has 27 heavy (non-hydrogen) atoms. The standard InChI is InChI=1S/C18H21N3O4S2/c1-2-9-19-18(26)20-13-3-5-14(6-4-13)21-27(22,23)15-7-8-16-17(12-15)25-11-10-24-16/h3-8,12,21H,2,9-11H2,1H3,(H2,19,20,26). The molecule has 144 valence electrons. The number of benzene rings is 2. The monoisotopic (exact) mass is 407 g/mol. The number of nitrogens with one attached hydrogen (secondary N) is 3. The van der Waals surface area contributed by atoms with Gasteiger partial charge in [0, 0.05) is 24.0 Å². The third kappa shape index (κ3) is 5.01. The fraction of sp³-hybridized carbons (Fsp3) is 0.278. The molecule has 1 aliphatic heterocycles. The molecule has 0 spiro atoms. The SMILES string of the molecule is CCCNC(=S)Nc1ccc(NS(=O)(=O)c2ccc3c(c2)OCCO3)cc1. The van der Waals surface area contributed by atoms with Crippen LogP contribution in [0.5, 0.6) is 11.5 Å². The minimum atomic E-state index is -3.74. The number of sulfonamides is 1. The maximum atomic E-state index is 12.6. The van der Waals surface area contributed by atoms with Crippen LogP contribution in [0.3, 0.4) is 0 Å². The lowest BCUT2D eigenvalue weighted by Crippen LogP contribution is -2.28. The topological polar surface area (TPSA) is 88.7 Å². The van der Waals surface area contributed by atoms with E-state index in [1.165, 1.54) is 12.1 Å². The van der Waals surface area contributed by atoms with Crippen LogP contribution >= 0.6 is 12.2 Å². The van der Waals surface area contributed by atoms with Crippen molar-refractivity contribution in [2.45, 2.75) is 18.2 Å². The molecular formula is C18H21N3O4S2. The van der Waals surface area contributed by atoms with Gasteiger partial charge in [-0.3, -0.25) is 4.72 Å². The van der Waals surface area contributed by atoms with Crippen molar-refractivity contribution in [2.24, 2.45) is 0 Å². The van der Waals surface area contributed by atoms with Gasteiger partial charge >= 0.3 is 0 Å². The van der Waals surface area contributed by atoms with Gasteiger partial charge in [-0.1, -0.05) is 6.92 Å². The predicted molar refractivity (Wildman–Crippen MR) is 109 cm³/mol. The summed E-state index contributed by atoms with van der Waals surface area (Å²) in [6.07, 6.45) is 0.975. The molecule has 3 N–H and O–H groups in total. The van der Waals surface area contributed by atoms with Crippen LogP contribution in [-0.2, 0) is 10.0 Å². The van der Waals surface area contributed by atoms with E-state index < -0.39 is 10.0 Å². The summed E-state index contributed by atoms with van der Waals surface area (Å²) in [5, 5.41) is 6.64. The quantitative estimate of drug-likeness (QED) is 0.635. The van der Waals surface area contributed by atoms with Crippen LogP contribution in [0.15, 0.2) is 47.4 Å². The molecule has 0 bridgehead atoms. The number of fused-ring (bicyclic) bond motifs is 1. The molecule has 0 amide bonds. The molecule has 2 aromatic rings. The molecule has 2 aromatic carbocycles. The average molecular weight is 408 g/mol. The van der Waals surface area contributed by atoms with Crippen molar-refractivity contribution in [1.82, 2.24) is 5.32 Å². The van der Waals surface area contributed by atoms with Crippen LogP contribution in [0, 0.1) is 0 Å². The number of hydrogen-bond donors (Lipinski definition) is 3. The van der Waals surface area contributed by atoms with Gasteiger partial charge in [0.25, 0.3) is 10.0 Å². The van der Waals surface area contributed by atoms with Gasteiger partial charge in [0.05, 0.1) is 4.90 Å². The van der Waals surface area contributed by atoms with E-state index in [2.05, 4.69) is 22.3 Å². The average Bonchev–Trinajstić information content (AvgIpc) is 2.67. The lowest BCUT2D eigenvalue weighted by Gasteiger charge is -2.19. The lowest BCUT2D eigenvalue weighted by atomic mass is 10.3. The molecule has 0 fully saturated rings. The van der Waals surface area contributed by atoms with Crippen LogP contribution in [0.1, 0.15) is 13.3 Å². The zero-order chi connectivity index (χ0) is 19.3. The van der Waals surface area contributed by atoms with Crippen LogP contribution < -0.4 is 24.8 Å². The Morgan fingerprint density at radius 2 is 1.70 bits per heavy atom. The van der Waals surface area contributed by atoms with E-state index >= 15 is 0 Å². The lowest BCUT2D eigenvalue weighted by molar-refractivity contribution is 0.171. The van der Waals surface area contributed by atoms with Crippen LogP contribution in [-0.4, -0.2) is 33.3 Å². The zero-order valence-corrected chi connectivity index (χ0v) is 16.5. The molecule has 0 aromatic heterocycles. The van der Waals surface area contributed by atoms with E-state index in [1.54, 1.807) is 30.3 Å². The Bertz CT molecular complexity index is 915. The Morgan fingerprint density at radius 1 is 1.04 bits per heavy atom. The number of rotatable bonds is 6. The highest BCUT2D eigenvalue weighted by atomic mass is 32.2. The van der Waals surface area contributed by atoms with Crippen molar-refractivity contribution in [3.63, 3.8) is 0 Å². The summed E-state index contributed by atoms with van der Waals surface area (Å²) in [6.45, 7) is 3.69. The molecular weight excluding hydrogens is 386 g/mol.